The molecule has 0 aromatic carbocycles. The molecule has 19 heavy (non-hydrogen) atoms. The van der Waals surface area contributed by atoms with Gasteiger partial charge >= 0.3 is 0 Å². The highest BCUT2D eigenvalue weighted by Crippen LogP contribution is 2.42. The molecule has 0 saturated heterocycles. The summed E-state index contributed by atoms with van der Waals surface area (Å²) in [5.41, 5.74) is 1.02. The quantitative estimate of drug-likeness (QED) is 0.797. The number of nitriles is 1. The van der Waals surface area contributed by atoms with Crippen LogP contribution in [0.15, 0.2) is 0 Å². The third-order valence-corrected chi connectivity index (χ3v) is 4.78. The standard InChI is InChI=1S/C9H15N.C8H16O/c1-9(2)5-3-8(7-9)4-6-10;1-8(2)4-3-7(5-8)6-9/h8H,3-5,7H2,1-2H3;7,9H,3-6H2,1-2H3. The first-order valence-electron chi connectivity index (χ1n) is 7.76. The normalized spacial score (nSPS) is 31.4. The van der Waals surface area contributed by atoms with Gasteiger partial charge in [-0.15, -0.1) is 0 Å². The zero-order chi connectivity index (χ0) is 14.5. The Hall–Kier alpha value is -0.550. The van der Waals surface area contributed by atoms with Crippen LogP contribution in [0.25, 0.3) is 0 Å². The molecule has 2 aliphatic rings. The summed E-state index contributed by atoms with van der Waals surface area (Å²) in [5, 5.41) is 17.2. The third kappa shape index (κ3) is 5.95. The van der Waals surface area contributed by atoms with E-state index in [4.69, 9.17) is 10.4 Å². The first kappa shape index (κ1) is 16.5. The SMILES string of the molecule is CC1(C)CCC(CC#N)C1.CC1(C)CCC(CO)C1. The van der Waals surface area contributed by atoms with Gasteiger partial charge in [-0.25, -0.2) is 0 Å². The van der Waals surface area contributed by atoms with E-state index in [-0.39, 0.29) is 0 Å². The van der Waals surface area contributed by atoms with Gasteiger partial charge in [0.25, 0.3) is 0 Å². The predicted octanol–water partition coefficient (Wildman–Crippen LogP) is 4.53. The van der Waals surface area contributed by atoms with Gasteiger partial charge in [-0.1, -0.05) is 27.7 Å². The molecule has 2 aliphatic carbocycles. The number of aliphatic hydroxyl groups is 1. The van der Waals surface area contributed by atoms with Crippen LogP contribution < -0.4 is 0 Å². The number of hydrogen-bond donors (Lipinski definition) is 1. The second-order valence-electron chi connectivity index (χ2n) is 8.09. The molecule has 0 radical (unpaired) electrons. The Morgan fingerprint density at radius 3 is 1.74 bits per heavy atom. The Labute approximate surface area is 119 Å². The van der Waals surface area contributed by atoms with Gasteiger partial charge in [0, 0.05) is 13.0 Å². The van der Waals surface area contributed by atoms with E-state index in [1.807, 2.05) is 0 Å². The molecule has 2 saturated carbocycles. The molecule has 0 amide bonds. The van der Waals surface area contributed by atoms with Gasteiger partial charge in [-0.05, 0) is 61.2 Å². The van der Waals surface area contributed by atoms with Gasteiger partial charge in [0.05, 0.1) is 6.07 Å². The Kier molecular flexibility index (Phi) is 5.86. The maximum atomic E-state index is 8.80. The van der Waals surface area contributed by atoms with Crippen LogP contribution >= 0.6 is 0 Å². The summed E-state index contributed by atoms with van der Waals surface area (Å²) in [4.78, 5) is 0. The lowest BCUT2D eigenvalue weighted by Gasteiger charge is -2.15. The van der Waals surface area contributed by atoms with Crippen molar-refractivity contribution in [3.63, 3.8) is 0 Å². The van der Waals surface area contributed by atoms with Crippen molar-refractivity contribution in [3.05, 3.63) is 0 Å². The Balaban J connectivity index is 0.000000191. The number of hydrogen-bond acceptors (Lipinski definition) is 2. The van der Waals surface area contributed by atoms with Gasteiger partial charge < -0.3 is 5.11 Å². The largest absolute Gasteiger partial charge is 0.396 e. The van der Waals surface area contributed by atoms with Gasteiger partial charge in [0.1, 0.15) is 0 Å². The minimum absolute atomic E-state index is 0.392. The molecule has 0 aromatic heterocycles. The highest BCUT2D eigenvalue weighted by Gasteiger charge is 2.30. The molecule has 2 unspecified atom stereocenters. The monoisotopic (exact) mass is 265 g/mol. The lowest BCUT2D eigenvalue weighted by Crippen LogP contribution is -2.06. The lowest BCUT2D eigenvalue weighted by atomic mass is 9.90. The van der Waals surface area contributed by atoms with Gasteiger partial charge in [-0.2, -0.15) is 5.26 Å². The van der Waals surface area contributed by atoms with Crippen molar-refractivity contribution in [3.8, 4) is 6.07 Å². The van der Waals surface area contributed by atoms with Crippen molar-refractivity contribution in [1.29, 1.82) is 5.26 Å². The van der Waals surface area contributed by atoms with Crippen LogP contribution in [0.1, 0.15) is 72.6 Å². The van der Waals surface area contributed by atoms with E-state index in [0.717, 1.165) is 6.42 Å². The molecule has 0 heterocycles. The third-order valence-electron chi connectivity index (χ3n) is 4.78. The van der Waals surface area contributed by atoms with E-state index in [1.165, 1.54) is 38.5 Å². The molecule has 2 atom stereocenters. The molecule has 110 valence electrons. The Bertz CT molecular complexity index is 314. The maximum absolute atomic E-state index is 8.80. The molecule has 0 aliphatic heterocycles. The average Bonchev–Trinajstić information content (AvgIpc) is 2.83. The Morgan fingerprint density at radius 2 is 1.47 bits per heavy atom. The second kappa shape index (κ2) is 6.75. The summed E-state index contributed by atoms with van der Waals surface area (Å²) < 4.78 is 0. The van der Waals surface area contributed by atoms with Gasteiger partial charge in [0.15, 0.2) is 0 Å². The van der Waals surface area contributed by atoms with Crippen LogP contribution in [0.5, 0.6) is 0 Å². The molecule has 0 aromatic rings. The van der Waals surface area contributed by atoms with Crippen LogP contribution in [-0.2, 0) is 0 Å². The summed E-state index contributed by atoms with van der Waals surface area (Å²) in [6, 6.07) is 2.25. The fraction of sp³-hybridized carbons (Fsp3) is 0.941. The van der Waals surface area contributed by atoms with Gasteiger partial charge in [0.2, 0.25) is 0 Å². The second-order valence-corrected chi connectivity index (χ2v) is 8.09. The first-order valence-corrected chi connectivity index (χ1v) is 7.76. The van der Waals surface area contributed by atoms with E-state index in [2.05, 4.69) is 33.8 Å². The average molecular weight is 265 g/mol. The number of nitrogens with zero attached hydrogens (tertiary/aromatic N) is 1. The topological polar surface area (TPSA) is 44.0 Å². The summed E-state index contributed by atoms with van der Waals surface area (Å²) in [5.74, 6) is 1.29. The van der Waals surface area contributed by atoms with Crippen molar-refractivity contribution in [1.82, 2.24) is 0 Å². The van der Waals surface area contributed by atoms with Crippen LogP contribution in [0.3, 0.4) is 0 Å². The van der Waals surface area contributed by atoms with Crippen molar-refractivity contribution in [2.75, 3.05) is 6.61 Å². The zero-order valence-electron chi connectivity index (χ0n) is 13.2. The number of rotatable bonds is 2. The fourth-order valence-corrected chi connectivity index (χ4v) is 3.62. The molecule has 0 spiro atoms. The first-order chi connectivity index (χ1) is 8.78. The van der Waals surface area contributed by atoms with Crippen molar-refractivity contribution in [2.45, 2.75) is 72.6 Å². The van der Waals surface area contributed by atoms with Gasteiger partial charge in [-0.3, -0.25) is 0 Å². The van der Waals surface area contributed by atoms with E-state index >= 15 is 0 Å². The molecular formula is C17H31NO. The van der Waals surface area contributed by atoms with Crippen LogP contribution in [0, 0.1) is 34.0 Å². The summed E-state index contributed by atoms with van der Waals surface area (Å²) in [6.07, 6.45) is 8.31. The zero-order valence-corrected chi connectivity index (χ0v) is 13.2. The number of aliphatic hydroxyl groups excluding tert-OH is 1. The lowest BCUT2D eigenvalue weighted by molar-refractivity contribution is 0.218. The molecular weight excluding hydrogens is 234 g/mol. The Morgan fingerprint density at radius 1 is 1.00 bits per heavy atom. The fourth-order valence-electron chi connectivity index (χ4n) is 3.62. The van der Waals surface area contributed by atoms with Crippen molar-refractivity contribution >= 4 is 0 Å². The van der Waals surface area contributed by atoms with E-state index in [9.17, 15) is 0 Å². The molecule has 0 bridgehead atoms. The molecule has 2 rings (SSSR count). The molecule has 1 N–H and O–H groups in total. The van der Waals surface area contributed by atoms with Crippen molar-refractivity contribution < 1.29 is 5.11 Å². The minimum Gasteiger partial charge on any atom is -0.396 e. The predicted molar refractivity (Wildman–Crippen MR) is 79.6 cm³/mol. The highest BCUT2D eigenvalue weighted by atomic mass is 16.3. The van der Waals surface area contributed by atoms with Crippen LogP contribution in [-0.4, -0.2) is 11.7 Å². The van der Waals surface area contributed by atoms with Crippen LogP contribution in [0.4, 0.5) is 0 Å². The van der Waals surface area contributed by atoms with E-state index in [1.54, 1.807) is 0 Å². The maximum Gasteiger partial charge on any atom is 0.0624 e. The molecule has 2 heteroatoms. The summed E-state index contributed by atoms with van der Waals surface area (Å²) >= 11 is 0. The summed E-state index contributed by atoms with van der Waals surface area (Å²) in [6.45, 7) is 9.55. The molecule has 2 fully saturated rings. The smallest absolute Gasteiger partial charge is 0.0624 e. The summed E-state index contributed by atoms with van der Waals surface area (Å²) in [7, 11) is 0. The minimum atomic E-state index is 0.392. The van der Waals surface area contributed by atoms with Crippen LogP contribution in [0.2, 0.25) is 0 Å². The highest BCUT2D eigenvalue weighted by molar-refractivity contribution is 4.87. The van der Waals surface area contributed by atoms with E-state index < -0.39 is 0 Å². The van der Waals surface area contributed by atoms with E-state index in [0.29, 0.717) is 29.3 Å². The molecule has 2 nitrogen and oxygen atoms in total. The van der Waals surface area contributed by atoms with Crippen molar-refractivity contribution in [2.24, 2.45) is 22.7 Å².